The minimum atomic E-state index is -1.25. The Bertz CT molecular complexity index is 5580. The highest BCUT2D eigenvalue weighted by atomic mass is 32.2. The average molecular weight is 1800 g/mol. The summed E-state index contributed by atoms with van der Waals surface area (Å²) in [6.07, 6.45) is 4.94. The summed E-state index contributed by atoms with van der Waals surface area (Å²) in [6.45, 7) is 56.8. The zero-order chi connectivity index (χ0) is 96.8. The van der Waals surface area contributed by atoms with Crippen LogP contribution in [-0.2, 0) is 105 Å². The van der Waals surface area contributed by atoms with Crippen LogP contribution in [0, 0.1) is 113 Å². The maximum absolute atomic E-state index is 12.8. The van der Waals surface area contributed by atoms with Gasteiger partial charge in [-0.15, -0.1) is 0 Å². The fourth-order valence-corrected chi connectivity index (χ4v) is 15.0. The van der Waals surface area contributed by atoms with E-state index in [0.29, 0.717) is 77.1 Å². The summed E-state index contributed by atoms with van der Waals surface area (Å²) in [5.41, 5.74) is 18.8. The summed E-state index contributed by atoms with van der Waals surface area (Å²) < 4.78 is 66.0. The van der Waals surface area contributed by atoms with Crippen LogP contribution in [0.25, 0.3) is 45.3 Å². The molecule has 10 rings (SSSR count). The molecule has 0 aliphatic heterocycles. The molecule has 24 nitrogen and oxygen atoms in total. The topological polar surface area (TPSA) is 309 Å². The summed E-state index contributed by atoms with van der Waals surface area (Å²) in [7, 11) is 0. The Kier molecular flexibility index (Phi) is 37.6. The van der Waals surface area contributed by atoms with Gasteiger partial charge in [-0.25, -0.2) is 9.18 Å². The van der Waals surface area contributed by atoms with Crippen LogP contribution in [0.3, 0.4) is 0 Å². The molecule has 0 amide bonds. The van der Waals surface area contributed by atoms with Crippen LogP contribution in [0.5, 0.6) is 0 Å². The standard InChI is InChI=1S/C29H39N3O3.C26H33N3O3.C25H33N3O3S.C24H30FN3O3/c1-8-32-26(19(2)20(3)31-32)27(34-21(4)35-28(33)23-12-10-9-11-13-23)25(18-30)22-14-16-24(17-15-22)29(5,6)7;1-8-29-23(16(2)17(3)28-29)24(31-18(4)32-25(30)20-9-10-20)22(15-27)19-11-13-21(14-12-19)26(5,6)7;1-9-28-23(16(2)17(3)27-28)24(31-18(4)30-22(29)15-32-8)21(14-26)19-10-12-20(13-11-19)25(5,6)7;1-8-28-22(15(2)16(3)27-28)23(31-17(4)30-21(29)13-25)20(14-26)18-9-11-19(12-10-18)24(5,6)7/h14-17,21,23H,8-13H2,1-7H3;11-14,18,20H,8-10H2,1-7H3;10-13,18H,9,15H2,1-8H3;9-12,17H,8,13H2,1-7H3/b27-25-;24-22-;24-21-;23-20-. The van der Waals surface area contributed by atoms with E-state index in [2.05, 4.69) is 128 Å². The van der Waals surface area contributed by atoms with Gasteiger partial charge in [0.05, 0.1) is 40.4 Å². The van der Waals surface area contributed by atoms with Crippen molar-refractivity contribution < 1.29 is 61.5 Å². The lowest BCUT2D eigenvalue weighted by molar-refractivity contribution is -0.170. The highest BCUT2D eigenvalue weighted by Crippen LogP contribution is 2.41. The van der Waals surface area contributed by atoms with Gasteiger partial charge >= 0.3 is 23.9 Å². The molecule has 8 aromatic rings. The minimum Gasteiger partial charge on any atom is -0.451 e. The summed E-state index contributed by atoms with van der Waals surface area (Å²) in [4.78, 5) is 48.3. The molecule has 0 spiro atoms. The van der Waals surface area contributed by atoms with E-state index >= 15 is 0 Å². The highest BCUT2D eigenvalue weighted by Gasteiger charge is 2.36. The first-order chi connectivity index (χ1) is 61.2. The first-order valence-electron chi connectivity index (χ1n) is 44.9. The van der Waals surface area contributed by atoms with Crippen molar-refractivity contribution in [3.05, 3.63) is 209 Å². The third-order valence-electron chi connectivity index (χ3n) is 22.8. The Morgan fingerprint density at radius 2 is 0.592 bits per heavy atom. The number of thioether (sulfide) groups is 1. The molecule has 4 aromatic carbocycles. The predicted molar refractivity (Wildman–Crippen MR) is 510 cm³/mol. The molecule has 0 saturated heterocycles. The van der Waals surface area contributed by atoms with E-state index in [4.69, 9.17) is 37.9 Å². The van der Waals surface area contributed by atoms with Crippen molar-refractivity contribution in [3.63, 3.8) is 0 Å². The number of halogens is 1. The van der Waals surface area contributed by atoms with Gasteiger partial charge in [0.15, 0.2) is 29.7 Å². The normalized spacial score (nSPS) is 14.6. The number of nitrogens with zero attached hydrogens (tertiary/aromatic N) is 12. The molecule has 0 radical (unpaired) electrons. The van der Waals surface area contributed by atoms with Crippen LogP contribution in [-0.4, -0.2) is 107 Å². The third kappa shape index (κ3) is 27.5. The van der Waals surface area contributed by atoms with Gasteiger partial charge in [0.2, 0.25) is 25.2 Å². The Labute approximate surface area is 774 Å². The molecule has 0 N–H and O–H groups in total. The Hall–Kier alpha value is -12.0. The number of benzene rings is 4. The Balaban J connectivity index is 0.000000237. The monoisotopic (exact) mass is 1800 g/mol. The molecule has 4 unspecified atom stereocenters. The fraction of sp³-hybridized carbons (Fsp3) is 0.500. The summed E-state index contributed by atoms with van der Waals surface area (Å²) >= 11 is 1.38. The zero-order valence-electron chi connectivity index (χ0n) is 81.9. The molecular formula is C104H135FN12O12S. The first-order valence-corrected chi connectivity index (χ1v) is 46.3. The van der Waals surface area contributed by atoms with E-state index in [1.54, 1.807) is 25.5 Å². The van der Waals surface area contributed by atoms with Gasteiger partial charge in [-0.1, -0.05) is 199 Å². The van der Waals surface area contributed by atoms with Gasteiger partial charge in [-0.2, -0.15) is 53.2 Å². The van der Waals surface area contributed by atoms with Gasteiger partial charge < -0.3 is 37.9 Å². The van der Waals surface area contributed by atoms with Crippen molar-refractivity contribution in [1.82, 2.24) is 39.1 Å². The summed E-state index contributed by atoms with van der Waals surface area (Å²) in [5.74, 6) is -0.365. The molecular weight excluding hydrogens is 1660 g/mol. The zero-order valence-corrected chi connectivity index (χ0v) is 82.8. The second kappa shape index (κ2) is 46.5. The fourth-order valence-electron chi connectivity index (χ4n) is 14.7. The molecule has 2 saturated carbocycles. The van der Waals surface area contributed by atoms with Gasteiger partial charge in [-0.05, 0) is 181 Å². The average Bonchev–Trinajstić information content (AvgIpc) is 1.65. The molecule has 26 heteroatoms. The SMILES string of the molecule is CCn1nc(C)c(C)c1/C(OC(C)OC(=O)C1CC1)=C(\C#N)c1ccc(C(C)(C)C)cc1.CCn1nc(C)c(C)c1/C(OC(C)OC(=O)C1CCCCC1)=C(\C#N)c1ccc(C(C)(C)C)cc1.CCn1nc(C)c(C)c1/C(OC(C)OC(=O)CF)=C(\C#N)c1ccc(C(C)(C)C)cc1.CCn1nc(C)c(C)c1/C(OC(C)OC(=O)CSC)=C(\C#N)c1ccc(C(C)(C)C)cc1. The van der Waals surface area contributed by atoms with Crippen LogP contribution in [0.4, 0.5) is 4.39 Å². The predicted octanol–water partition coefficient (Wildman–Crippen LogP) is 22.8. The number of aryl methyl sites for hydroxylation is 8. The second-order valence-corrected chi connectivity index (χ2v) is 37.7. The number of rotatable bonds is 29. The Morgan fingerprint density at radius 1 is 0.369 bits per heavy atom. The lowest BCUT2D eigenvalue weighted by Gasteiger charge is -2.24. The maximum atomic E-state index is 12.8. The van der Waals surface area contributed by atoms with Crippen LogP contribution in [0.2, 0.25) is 0 Å². The van der Waals surface area contributed by atoms with Crippen molar-refractivity contribution in [2.45, 2.75) is 312 Å². The van der Waals surface area contributed by atoms with Crippen molar-refractivity contribution in [3.8, 4) is 24.3 Å². The number of nitriles is 4. The van der Waals surface area contributed by atoms with Crippen molar-refractivity contribution >= 4 is 81.0 Å². The van der Waals surface area contributed by atoms with Crippen LogP contribution in [0.15, 0.2) is 97.1 Å². The maximum Gasteiger partial charge on any atom is 0.340 e. The first kappa shape index (κ1) is 105. The lowest BCUT2D eigenvalue weighted by atomic mass is 9.86. The van der Waals surface area contributed by atoms with Gasteiger partial charge in [0.1, 0.15) is 69.3 Å². The van der Waals surface area contributed by atoms with E-state index in [-0.39, 0.29) is 68.5 Å². The van der Waals surface area contributed by atoms with E-state index in [1.165, 1.54) is 41.8 Å². The van der Waals surface area contributed by atoms with E-state index in [1.807, 2.05) is 200 Å². The van der Waals surface area contributed by atoms with Gasteiger partial charge in [-0.3, -0.25) is 33.1 Å². The molecule has 4 heterocycles. The van der Waals surface area contributed by atoms with E-state index < -0.39 is 37.8 Å². The summed E-state index contributed by atoms with van der Waals surface area (Å²) in [6, 6.07) is 40.8. The van der Waals surface area contributed by atoms with E-state index in [9.17, 15) is 44.6 Å². The van der Waals surface area contributed by atoms with Crippen molar-refractivity contribution in [2.24, 2.45) is 11.8 Å². The quantitative estimate of drug-likeness (QED) is 0.0138. The van der Waals surface area contributed by atoms with Crippen LogP contribution in [0.1, 0.15) is 296 Å². The van der Waals surface area contributed by atoms with E-state index in [0.717, 1.165) is 117 Å². The number of hydrogen-bond donors (Lipinski definition) is 0. The number of alkyl halides is 1. The number of allylic oxidation sites excluding steroid dienone is 4. The molecule has 4 aromatic heterocycles. The summed E-state index contributed by atoms with van der Waals surface area (Å²) in [5, 5.41) is 59.0. The number of carbonyl (C=O) groups is 4. The van der Waals surface area contributed by atoms with Gasteiger partial charge in [0, 0.05) is 76.1 Å². The number of esters is 4. The number of carbonyl (C=O) groups excluding carboxylic acids is 4. The smallest absolute Gasteiger partial charge is 0.340 e. The minimum absolute atomic E-state index is 0.00289. The molecule has 696 valence electrons. The number of aromatic nitrogens is 8. The van der Waals surface area contributed by atoms with Crippen molar-refractivity contribution in [2.75, 3.05) is 18.7 Å². The molecule has 0 bridgehead atoms. The lowest BCUT2D eigenvalue weighted by Crippen LogP contribution is -2.26. The van der Waals surface area contributed by atoms with Crippen molar-refractivity contribution in [1.29, 1.82) is 21.0 Å². The largest absolute Gasteiger partial charge is 0.451 e. The van der Waals surface area contributed by atoms with Crippen LogP contribution >= 0.6 is 11.8 Å². The molecule has 2 aliphatic carbocycles. The van der Waals surface area contributed by atoms with Crippen LogP contribution < -0.4 is 0 Å². The number of hydrogen-bond acceptors (Lipinski definition) is 21. The third-order valence-corrected chi connectivity index (χ3v) is 23.3. The second-order valence-electron chi connectivity index (χ2n) is 36.8. The molecule has 4 atom stereocenters. The Morgan fingerprint density at radius 3 is 0.792 bits per heavy atom. The highest BCUT2D eigenvalue weighted by molar-refractivity contribution is 7.99. The molecule has 2 fully saturated rings. The molecule has 130 heavy (non-hydrogen) atoms. The molecule has 2 aliphatic rings. The number of ether oxygens (including phenoxy) is 8. The van der Waals surface area contributed by atoms with Gasteiger partial charge in [0.25, 0.3) is 0 Å².